The summed E-state index contributed by atoms with van der Waals surface area (Å²) in [7, 11) is 3.62. The lowest BCUT2D eigenvalue weighted by Gasteiger charge is -2.33. The topological polar surface area (TPSA) is 87.2 Å². The molecule has 0 N–H and O–H groups in total. The number of amides is 2. The van der Waals surface area contributed by atoms with Crippen molar-refractivity contribution in [3.05, 3.63) is 45.5 Å². The van der Waals surface area contributed by atoms with Gasteiger partial charge in [-0.15, -0.1) is 0 Å². The molecule has 0 bridgehead atoms. The maximum atomic E-state index is 12.9. The Balaban J connectivity index is 1.58. The first-order valence-corrected chi connectivity index (χ1v) is 11.6. The van der Waals surface area contributed by atoms with Crippen LogP contribution in [0.25, 0.3) is 21.9 Å². The minimum Gasteiger partial charge on any atom is -0.464 e. The molecule has 4 rings (SSSR count). The summed E-state index contributed by atoms with van der Waals surface area (Å²) in [4.78, 5) is 43.7. The van der Waals surface area contributed by atoms with Gasteiger partial charge in [0.1, 0.15) is 11.2 Å². The first-order chi connectivity index (χ1) is 16.0. The largest absolute Gasteiger partial charge is 0.464 e. The molecule has 0 aliphatic carbocycles. The average molecular weight is 468 g/mol. The van der Waals surface area contributed by atoms with E-state index in [0.717, 1.165) is 29.4 Å². The Morgan fingerprint density at radius 3 is 2.38 bits per heavy atom. The lowest BCUT2D eigenvalue weighted by molar-refractivity contribution is -0.140. The molecular weight excluding hydrogens is 434 g/mol. The molecule has 1 aromatic carbocycles. The van der Waals surface area contributed by atoms with E-state index < -0.39 is 5.63 Å². The number of benzene rings is 1. The van der Waals surface area contributed by atoms with Crippen molar-refractivity contribution in [2.45, 2.75) is 39.5 Å². The molecule has 8 heteroatoms. The van der Waals surface area contributed by atoms with Crippen LogP contribution in [-0.4, -0.2) is 73.3 Å². The first-order valence-electron chi connectivity index (χ1n) is 11.6. The van der Waals surface area contributed by atoms with Crippen molar-refractivity contribution in [1.29, 1.82) is 0 Å². The standard InChI is InChI=1S/C26H33N3O5/c1-16-17-11-19-20(26(2,3)4)15-33-21(19)13-22(17)34-25(32)18(16)12-23(30)28(6)14-24(31)29-9-7-27(5)8-10-29/h11,13,15H,7-10,12,14H2,1-6H3. The van der Waals surface area contributed by atoms with Crippen LogP contribution < -0.4 is 5.63 Å². The predicted molar refractivity (Wildman–Crippen MR) is 131 cm³/mol. The molecule has 2 aromatic heterocycles. The highest BCUT2D eigenvalue weighted by molar-refractivity contribution is 5.97. The highest BCUT2D eigenvalue weighted by Crippen LogP contribution is 2.35. The summed E-state index contributed by atoms with van der Waals surface area (Å²) in [5, 5.41) is 1.74. The number of fused-ring (bicyclic) bond motifs is 2. The van der Waals surface area contributed by atoms with Crippen LogP contribution in [0.2, 0.25) is 0 Å². The van der Waals surface area contributed by atoms with Gasteiger partial charge in [0.2, 0.25) is 11.8 Å². The summed E-state index contributed by atoms with van der Waals surface area (Å²) >= 11 is 0. The normalized spacial score (nSPS) is 15.3. The van der Waals surface area contributed by atoms with Gasteiger partial charge in [-0.1, -0.05) is 20.8 Å². The number of aryl methyl sites for hydroxylation is 1. The van der Waals surface area contributed by atoms with Gasteiger partial charge < -0.3 is 23.5 Å². The van der Waals surface area contributed by atoms with Crippen molar-refractivity contribution in [1.82, 2.24) is 14.7 Å². The van der Waals surface area contributed by atoms with Crippen LogP contribution in [0, 0.1) is 6.92 Å². The molecule has 182 valence electrons. The van der Waals surface area contributed by atoms with Crippen molar-refractivity contribution in [3.63, 3.8) is 0 Å². The summed E-state index contributed by atoms with van der Waals surface area (Å²) in [6.45, 7) is 11.1. The van der Waals surface area contributed by atoms with E-state index in [9.17, 15) is 14.4 Å². The molecular formula is C26H33N3O5. The van der Waals surface area contributed by atoms with E-state index in [1.807, 2.05) is 20.0 Å². The van der Waals surface area contributed by atoms with Crippen LogP contribution in [0.1, 0.15) is 37.5 Å². The molecule has 2 amide bonds. The molecule has 1 aliphatic rings. The molecule has 0 unspecified atom stereocenters. The lowest BCUT2D eigenvalue weighted by Crippen LogP contribution is -2.50. The molecule has 34 heavy (non-hydrogen) atoms. The third kappa shape index (κ3) is 4.59. The van der Waals surface area contributed by atoms with Gasteiger partial charge in [-0.2, -0.15) is 0 Å². The molecule has 0 spiro atoms. The minimum atomic E-state index is -0.543. The van der Waals surface area contributed by atoms with Crippen molar-refractivity contribution in [2.24, 2.45) is 0 Å². The average Bonchev–Trinajstić information content (AvgIpc) is 3.19. The molecule has 0 saturated carbocycles. The Morgan fingerprint density at radius 1 is 1.06 bits per heavy atom. The molecule has 3 heterocycles. The fourth-order valence-electron chi connectivity index (χ4n) is 4.43. The fourth-order valence-corrected chi connectivity index (χ4v) is 4.43. The summed E-state index contributed by atoms with van der Waals surface area (Å²) in [5.41, 5.74) is 2.53. The van der Waals surface area contributed by atoms with Gasteiger partial charge in [-0.25, -0.2) is 4.79 Å². The van der Waals surface area contributed by atoms with Gasteiger partial charge in [0, 0.05) is 55.6 Å². The summed E-state index contributed by atoms with van der Waals surface area (Å²) in [5.74, 6) is -0.375. The summed E-state index contributed by atoms with van der Waals surface area (Å²) < 4.78 is 11.3. The zero-order chi connectivity index (χ0) is 24.8. The van der Waals surface area contributed by atoms with Gasteiger partial charge in [0.15, 0.2) is 0 Å². The summed E-state index contributed by atoms with van der Waals surface area (Å²) in [6, 6.07) is 3.71. The van der Waals surface area contributed by atoms with Gasteiger partial charge in [0.25, 0.3) is 0 Å². The number of piperazine rings is 1. The SMILES string of the molecule is Cc1c(CC(=O)N(C)CC(=O)N2CCN(C)CC2)c(=O)oc2cc3occ(C(C)(C)C)c3cc12. The first kappa shape index (κ1) is 24.0. The maximum absolute atomic E-state index is 12.9. The van der Waals surface area contributed by atoms with Crippen LogP contribution >= 0.6 is 0 Å². The molecule has 1 saturated heterocycles. The van der Waals surface area contributed by atoms with Crippen molar-refractivity contribution in [3.8, 4) is 0 Å². The number of furan rings is 1. The third-order valence-electron chi connectivity index (χ3n) is 6.77. The number of nitrogens with zero attached hydrogens (tertiary/aromatic N) is 3. The van der Waals surface area contributed by atoms with Gasteiger partial charge in [0.05, 0.1) is 24.8 Å². The number of rotatable bonds is 4. The van der Waals surface area contributed by atoms with Crippen LogP contribution in [0.3, 0.4) is 0 Å². The number of likely N-dealkylation sites (N-methyl/N-ethyl adjacent to an activating group) is 2. The second-order valence-electron chi connectivity index (χ2n) is 10.3. The third-order valence-corrected chi connectivity index (χ3v) is 6.77. The minimum absolute atomic E-state index is 0.00884. The number of carbonyl (C=O) groups excluding carboxylic acids is 2. The smallest absolute Gasteiger partial charge is 0.340 e. The zero-order valence-electron chi connectivity index (χ0n) is 20.9. The van der Waals surface area contributed by atoms with Crippen LogP contribution in [0.5, 0.6) is 0 Å². The van der Waals surface area contributed by atoms with Crippen LogP contribution in [0.15, 0.2) is 32.0 Å². The molecule has 0 atom stereocenters. The Hall–Kier alpha value is -3.13. The van der Waals surface area contributed by atoms with E-state index in [1.54, 1.807) is 24.3 Å². The Bertz CT molecular complexity index is 1310. The second kappa shape index (κ2) is 8.91. The van der Waals surface area contributed by atoms with Gasteiger partial charge >= 0.3 is 5.63 Å². The summed E-state index contributed by atoms with van der Waals surface area (Å²) in [6.07, 6.45) is 1.62. The van der Waals surface area contributed by atoms with Gasteiger partial charge in [-0.05, 0) is 31.0 Å². The highest BCUT2D eigenvalue weighted by Gasteiger charge is 2.25. The number of carbonyl (C=O) groups is 2. The van der Waals surface area contributed by atoms with Crippen LogP contribution in [0.4, 0.5) is 0 Å². The predicted octanol–water partition coefficient (Wildman–Crippen LogP) is 2.92. The lowest BCUT2D eigenvalue weighted by atomic mass is 9.86. The van der Waals surface area contributed by atoms with Gasteiger partial charge in [-0.3, -0.25) is 9.59 Å². The van der Waals surface area contributed by atoms with E-state index in [-0.39, 0.29) is 30.2 Å². The number of hydrogen-bond donors (Lipinski definition) is 0. The van der Waals surface area contributed by atoms with E-state index in [2.05, 4.69) is 25.7 Å². The maximum Gasteiger partial charge on any atom is 0.340 e. The van der Waals surface area contributed by atoms with Crippen molar-refractivity contribution in [2.75, 3.05) is 46.8 Å². The Labute approximate surface area is 199 Å². The fraction of sp³-hybridized carbons (Fsp3) is 0.500. The molecule has 1 fully saturated rings. The molecule has 1 aliphatic heterocycles. The second-order valence-corrected chi connectivity index (χ2v) is 10.3. The molecule has 8 nitrogen and oxygen atoms in total. The Kier molecular flexibility index (Phi) is 6.29. The highest BCUT2D eigenvalue weighted by atomic mass is 16.4. The van der Waals surface area contributed by atoms with E-state index in [0.29, 0.717) is 35.4 Å². The quantitative estimate of drug-likeness (QED) is 0.549. The molecule has 3 aromatic rings. The van der Waals surface area contributed by atoms with Crippen molar-refractivity contribution >= 4 is 33.8 Å². The van der Waals surface area contributed by atoms with E-state index in [4.69, 9.17) is 8.83 Å². The zero-order valence-corrected chi connectivity index (χ0v) is 20.9. The van der Waals surface area contributed by atoms with Crippen molar-refractivity contribution < 1.29 is 18.4 Å². The van der Waals surface area contributed by atoms with Crippen LogP contribution in [-0.2, 0) is 21.4 Å². The Morgan fingerprint density at radius 2 is 1.74 bits per heavy atom. The molecule has 0 radical (unpaired) electrons. The van der Waals surface area contributed by atoms with E-state index >= 15 is 0 Å². The van der Waals surface area contributed by atoms with E-state index in [1.165, 1.54) is 4.90 Å². The monoisotopic (exact) mass is 467 g/mol. The number of hydrogen-bond acceptors (Lipinski definition) is 6.